The highest BCUT2D eigenvalue weighted by Gasteiger charge is 2.01. The first-order valence-corrected chi connectivity index (χ1v) is 5.40. The van der Waals surface area contributed by atoms with E-state index in [1.54, 1.807) is 13.2 Å². The smallest absolute Gasteiger partial charge is 0.246 e. The predicted molar refractivity (Wildman–Crippen MR) is 65.4 cm³/mol. The molecule has 0 aromatic heterocycles. The Morgan fingerprint density at radius 2 is 2.24 bits per heavy atom. The molecule has 0 aliphatic carbocycles. The van der Waals surface area contributed by atoms with Gasteiger partial charge in [-0.1, -0.05) is 12.1 Å². The molecular formula is C12H18N2O3. The summed E-state index contributed by atoms with van der Waals surface area (Å²) in [7, 11) is 1.59. The zero-order chi connectivity index (χ0) is 12.5. The second kappa shape index (κ2) is 7.65. The summed E-state index contributed by atoms with van der Waals surface area (Å²) in [5.41, 5.74) is 7.28. The van der Waals surface area contributed by atoms with E-state index in [0.29, 0.717) is 25.4 Å². The van der Waals surface area contributed by atoms with Gasteiger partial charge < -0.3 is 20.5 Å². The lowest BCUT2D eigenvalue weighted by molar-refractivity contribution is -0.126. The first-order valence-electron chi connectivity index (χ1n) is 5.40. The van der Waals surface area contributed by atoms with Crippen molar-refractivity contribution in [3.63, 3.8) is 0 Å². The van der Waals surface area contributed by atoms with Crippen molar-refractivity contribution in [1.82, 2.24) is 5.32 Å². The number of rotatable bonds is 7. The van der Waals surface area contributed by atoms with Gasteiger partial charge in [0.1, 0.15) is 6.61 Å². The van der Waals surface area contributed by atoms with Crippen molar-refractivity contribution in [1.29, 1.82) is 0 Å². The standard InChI is InChI=1S/C12H18N2O3/c1-16-5-6-17-9-12(15)14-8-10-3-2-4-11(13)7-10/h2-4,7H,5-6,8-9,13H2,1H3,(H,14,15). The Morgan fingerprint density at radius 3 is 2.94 bits per heavy atom. The Hall–Kier alpha value is -1.59. The molecule has 0 fully saturated rings. The Bertz CT molecular complexity index is 355. The number of carbonyl (C=O) groups excluding carboxylic acids is 1. The molecule has 0 aliphatic heterocycles. The molecule has 0 radical (unpaired) electrons. The second-order valence-electron chi connectivity index (χ2n) is 3.57. The van der Waals surface area contributed by atoms with Crippen LogP contribution in [0.1, 0.15) is 5.56 Å². The lowest BCUT2D eigenvalue weighted by Crippen LogP contribution is -2.27. The van der Waals surface area contributed by atoms with E-state index in [-0.39, 0.29) is 12.5 Å². The number of benzene rings is 1. The monoisotopic (exact) mass is 238 g/mol. The number of methoxy groups -OCH3 is 1. The van der Waals surface area contributed by atoms with Crippen molar-refractivity contribution in [3.05, 3.63) is 29.8 Å². The van der Waals surface area contributed by atoms with Crippen LogP contribution in [0.5, 0.6) is 0 Å². The zero-order valence-corrected chi connectivity index (χ0v) is 9.94. The normalized spacial score (nSPS) is 10.2. The molecule has 0 atom stereocenters. The summed E-state index contributed by atoms with van der Waals surface area (Å²) in [6.45, 7) is 1.41. The predicted octanol–water partition coefficient (Wildman–Crippen LogP) is 0.548. The number of nitrogens with one attached hydrogen (secondary N) is 1. The lowest BCUT2D eigenvalue weighted by atomic mass is 10.2. The Kier molecular flexibility index (Phi) is 6.06. The van der Waals surface area contributed by atoms with Crippen LogP contribution in [0.3, 0.4) is 0 Å². The molecule has 1 aromatic rings. The van der Waals surface area contributed by atoms with Crippen LogP contribution in [0, 0.1) is 0 Å². The maximum absolute atomic E-state index is 11.4. The highest BCUT2D eigenvalue weighted by molar-refractivity contribution is 5.77. The molecule has 17 heavy (non-hydrogen) atoms. The highest BCUT2D eigenvalue weighted by Crippen LogP contribution is 2.05. The molecule has 3 N–H and O–H groups in total. The van der Waals surface area contributed by atoms with E-state index < -0.39 is 0 Å². The van der Waals surface area contributed by atoms with Gasteiger partial charge in [0.15, 0.2) is 0 Å². The minimum Gasteiger partial charge on any atom is -0.399 e. The third-order valence-corrected chi connectivity index (χ3v) is 2.11. The average Bonchev–Trinajstić information content (AvgIpc) is 2.32. The number of nitrogens with two attached hydrogens (primary N) is 1. The maximum atomic E-state index is 11.4. The molecule has 0 heterocycles. The third-order valence-electron chi connectivity index (χ3n) is 2.11. The van der Waals surface area contributed by atoms with Gasteiger partial charge in [-0.25, -0.2) is 0 Å². The van der Waals surface area contributed by atoms with Crippen molar-refractivity contribution in [2.75, 3.05) is 32.7 Å². The fourth-order valence-corrected chi connectivity index (χ4v) is 1.26. The van der Waals surface area contributed by atoms with E-state index in [1.165, 1.54) is 0 Å². The van der Waals surface area contributed by atoms with E-state index in [4.69, 9.17) is 15.2 Å². The zero-order valence-electron chi connectivity index (χ0n) is 9.94. The van der Waals surface area contributed by atoms with Crippen LogP contribution < -0.4 is 11.1 Å². The second-order valence-corrected chi connectivity index (χ2v) is 3.57. The van der Waals surface area contributed by atoms with Crippen molar-refractivity contribution in [2.45, 2.75) is 6.54 Å². The van der Waals surface area contributed by atoms with Crippen molar-refractivity contribution in [3.8, 4) is 0 Å². The van der Waals surface area contributed by atoms with Crippen LogP contribution in [0.15, 0.2) is 24.3 Å². The van der Waals surface area contributed by atoms with Gasteiger partial charge >= 0.3 is 0 Å². The molecular weight excluding hydrogens is 220 g/mol. The first-order chi connectivity index (χ1) is 8.22. The van der Waals surface area contributed by atoms with Gasteiger partial charge in [-0.15, -0.1) is 0 Å². The summed E-state index contributed by atoms with van der Waals surface area (Å²) < 4.78 is 9.88. The van der Waals surface area contributed by atoms with Crippen LogP contribution in [0.4, 0.5) is 5.69 Å². The molecule has 0 spiro atoms. The fourth-order valence-electron chi connectivity index (χ4n) is 1.26. The molecule has 1 rings (SSSR count). The van der Waals surface area contributed by atoms with Crippen LogP contribution in [0.25, 0.3) is 0 Å². The number of carbonyl (C=O) groups is 1. The van der Waals surface area contributed by atoms with Gasteiger partial charge in [0, 0.05) is 19.3 Å². The Labute approximate surface area is 101 Å². The number of anilines is 1. The molecule has 0 saturated heterocycles. The summed E-state index contributed by atoms with van der Waals surface area (Å²) in [6.07, 6.45) is 0. The van der Waals surface area contributed by atoms with Gasteiger partial charge in [0.25, 0.3) is 0 Å². The van der Waals surface area contributed by atoms with E-state index in [9.17, 15) is 4.79 Å². The quantitative estimate of drug-likeness (QED) is 0.537. The topological polar surface area (TPSA) is 73.6 Å². The van der Waals surface area contributed by atoms with E-state index in [1.807, 2.05) is 18.2 Å². The number of hydrogen-bond acceptors (Lipinski definition) is 4. The highest BCUT2D eigenvalue weighted by atomic mass is 16.5. The Balaban J connectivity index is 2.19. The number of ether oxygens (including phenoxy) is 2. The first kappa shape index (κ1) is 13.5. The Morgan fingerprint density at radius 1 is 1.41 bits per heavy atom. The van der Waals surface area contributed by atoms with E-state index in [0.717, 1.165) is 5.56 Å². The SMILES string of the molecule is COCCOCC(=O)NCc1cccc(N)c1. The summed E-state index contributed by atoms with van der Waals surface area (Å²) in [6, 6.07) is 7.39. The van der Waals surface area contributed by atoms with Crippen LogP contribution in [-0.4, -0.2) is 32.8 Å². The largest absolute Gasteiger partial charge is 0.399 e. The number of nitrogen functional groups attached to an aromatic ring is 1. The summed E-state index contributed by atoms with van der Waals surface area (Å²) >= 11 is 0. The van der Waals surface area contributed by atoms with Gasteiger partial charge in [0.2, 0.25) is 5.91 Å². The lowest BCUT2D eigenvalue weighted by Gasteiger charge is -2.06. The van der Waals surface area contributed by atoms with Gasteiger partial charge in [0.05, 0.1) is 13.2 Å². The molecule has 94 valence electrons. The van der Waals surface area contributed by atoms with Crippen molar-refractivity contribution in [2.24, 2.45) is 0 Å². The van der Waals surface area contributed by atoms with Gasteiger partial charge in [-0.05, 0) is 17.7 Å². The molecule has 0 bridgehead atoms. The number of amides is 1. The summed E-state index contributed by atoms with van der Waals surface area (Å²) in [5, 5.41) is 2.74. The molecule has 5 nitrogen and oxygen atoms in total. The van der Waals surface area contributed by atoms with Crippen LogP contribution >= 0.6 is 0 Å². The fraction of sp³-hybridized carbons (Fsp3) is 0.417. The van der Waals surface area contributed by atoms with Crippen molar-refractivity contribution < 1.29 is 14.3 Å². The summed E-state index contributed by atoms with van der Waals surface area (Å²) in [5.74, 6) is -0.150. The molecule has 0 saturated carbocycles. The van der Waals surface area contributed by atoms with E-state index >= 15 is 0 Å². The van der Waals surface area contributed by atoms with Crippen molar-refractivity contribution >= 4 is 11.6 Å². The van der Waals surface area contributed by atoms with Gasteiger partial charge in [-0.3, -0.25) is 4.79 Å². The minimum absolute atomic E-state index is 0.0473. The number of hydrogen-bond donors (Lipinski definition) is 2. The maximum Gasteiger partial charge on any atom is 0.246 e. The molecule has 5 heteroatoms. The average molecular weight is 238 g/mol. The molecule has 0 aliphatic rings. The summed E-state index contributed by atoms with van der Waals surface area (Å²) in [4.78, 5) is 11.4. The van der Waals surface area contributed by atoms with E-state index in [2.05, 4.69) is 5.32 Å². The van der Waals surface area contributed by atoms with Crippen LogP contribution in [0.2, 0.25) is 0 Å². The molecule has 0 unspecified atom stereocenters. The molecule has 1 aromatic carbocycles. The van der Waals surface area contributed by atoms with Crippen LogP contribution in [-0.2, 0) is 20.8 Å². The molecule has 1 amide bonds. The third kappa shape index (κ3) is 5.89. The minimum atomic E-state index is -0.150. The van der Waals surface area contributed by atoms with Gasteiger partial charge in [-0.2, -0.15) is 0 Å².